The average Bonchev–Trinajstić information content (AvgIpc) is 2.42. The Balaban J connectivity index is 2.73. The van der Waals surface area contributed by atoms with Gasteiger partial charge in [-0.3, -0.25) is 9.59 Å². The fourth-order valence-electron chi connectivity index (χ4n) is 1.56. The maximum atomic E-state index is 11.8. The summed E-state index contributed by atoms with van der Waals surface area (Å²) in [7, 11) is 1.27. The largest absolute Gasteiger partial charge is 0.468 e. The standard InChI is InChI=1S/C14H18O4/c1-3-9-18-14(16)12(13(15)17-2)10-11-7-5-4-6-8-11/h4-8,12H,3,9-10H2,1-2H3. The van der Waals surface area contributed by atoms with E-state index in [0.29, 0.717) is 13.0 Å². The number of rotatable bonds is 6. The van der Waals surface area contributed by atoms with Gasteiger partial charge in [-0.2, -0.15) is 0 Å². The van der Waals surface area contributed by atoms with Gasteiger partial charge in [0, 0.05) is 0 Å². The molecule has 0 bridgehead atoms. The van der Waals surface area contributed by atoms with E-state index < -0.39 is 17.9 Å². The van der Waals surface area contributed by atoms with Crippen LogP contribution >= 0.6 is 0 Å². The Morgan fingerprint density at radius 3 is 2.39 bits per heavy atom. The average molecular weight is 250 g/mol. The minimum absolute atomic E-state index is 0.302. The van der Waals surface area contributed by atoms with Crippen LogP contribution in [0, 0.1) is 5.92 Å². The first-order valence-electron chi connectivity index (χ1n) is 5.97. The molecule has 1 aromatic rings. The van der Waals surface area contributed by atoms with E-state index in [4.69, 9.17) is 4.74 Å². The zero-order valence-electron chi connectivity index (χ0n) is 10.7. The number of benzene rings is 1. The Morgan fingerprint density at radius 2 is 1.83 bits per heavy atom. The highest BCUT2D eigenvalue weighted by Crippen LogP contribution is 2.12. The van der Waals surface area contributed by atoms with Crippen molar-refractivity contribution in [1.29, 1.82) is 0 Å². The molecule has 18 heavy (non-hydrogen) atoms. The van der Waals surface area contributed by atoms with Gasteiger partial charge >= 0.3 is 11.9 Å². The van der Waals surface area contributed by atoms with Gasteiger partial charge in [-0.05, 0) is 18.4 Å². The van der Waals surface area contributed by atoms with Gasteiger partial charge in [-0.25, -0.2) is 0 Å². The van der Waals surface area contributed by atoms with E-state index in [9.17, 15) is 9.59 Å². The number of hydrogen-bond acceptors (Lipinski definition) is 4. The minimum atomic E-state index is -0.885. The third kappa shape index (κ3) is 4.20. The lowest BCUT2D eigenvalue weighted by Crippen LogP contribution is -2.29. The maximum absolute atomic E-state index is 11.8. The Morgan fingerprint density at radius 1 is 1.17 bits per heavy atom. The molecule has 0 aromatic heterocycles. The topological polar surface area (TPSA) is 52.6 Å². The van der Waals surface area contributed by atoms with Gasteiger partial charge in [-0.1, -0.05) is 37.3 Å². The van der Waals surface area contributed by atoms with Crippen LogP contribution in [0.1, 0.15) is 18.9 Å². The van der Waals surface area contributed by atoms with E-state index in [-0.39, 0.29) is 0 Å². The molecule has 0 heterocycles. The van der Waals surface area contributed by atoms with E-state index >= 15 is 0 Å². The Labute approximate surface area is 107 Å². The zero-order valence-corrected chi connectivity index (χ0v) is 10.7. The molecular weight excluding hydrogens is 232 g/mol. The molecule has 1 atom stereocenters. The number of esters is 2. The lowest BCUT2D eigenvalue weighted by Gasteiger charge is -2.13. The van der Waals surface area contributed by atoms with Crippen molar-refractivity contribution in [3.05, 3.63) is 35.9 Å². The number of hydrogen-bond donors (Lipinski definition) is 0. The first kappa shape index (κ1) is 14.2. The molecule has 0 saturated carbocycles. The van der Waals surface area contributed by atoms with Crippen LogP contribution in [-0.4, -0.2) is 25.7 Å². The zero-order chi connectivity index (χ0) is 13.4. The van der Waals surface area contributed by atoms with Gasteiger partial charge in [0.2, 0.25) is 0 Å². The molecule has 0 radical (unpaired) electrons. The molecule has 98 valence electrons. The highest BCUT2D eigenvalue weighted by molar-refractivity contribution is 5.95. The van der Waals surface area contributed by atoms with Crippen LogP contribution in [-0.2, 0) is 25.5 Å². The number of ether oxygens (including phenoxy) is 2. The molecule has 0 fully saturated rings. The normalized spacial score (nSPS) is 11.7. The van der Waals surface area contributed by atoms with Crippen molar-refractivity contribution in [1.82, 2.24) is 0 Å². The third-order valence-electron chi connectivity index (χ3n) is 2.50. The summed E-state index contributed by atoms with van der Waals surface area (Å²) in [4.78, 5) is 23.4. The van der Waals surface area contributed by atoms with E-state index in [2.05, 4.69) is 4.74 Å². The van der Waals surface area contributed by atoms with Gasteiger partial charge in [0.1, 0.15) is 0 Å². The molecular formula is C14H18O4. The van der Waals surface area contributed by atoms with Gasteiger partial charge in [0.25, 0.3) is 0 Å². The summed E-state index contributed by atoms with van der Waals surface area (Å²) in [6, 6.07) is 9.33. The van der Waals surface area contributed by atoms with Crippen molar-refractivity contribution < 1.29 is 19.1 Å². The molecule has 0 aliphatic carbocycles. The molecule has 0 aliphatic heterocycles. The van der Waals surface area contributed by atoms with E-state index in [1.54, 1.807) is 0 Å². The predicted molar refractivity (Wildman–Crippen MR) is 66.9 cm³/mol. The molecule has 0 spiro atoms. The second kappa shape index (κ2) is 7.48. The summed E-state index contributed by atoms with van der Waals surface area (Å²) in [6.07, 6.45) is 1.03. The summed E-state index contributed by atoms with van der Waals surface area (Å²) in [5.74, 6) is -1.96. The van der Waals surface area contributed by atoms with Crippen LogP contribution < -0.4 is 0 Å². The minimum Gasteiger partial charge on any atom is -0.468 e. The summed E-state index contributed by atoms with van der Waals surface area (Å²) < 4.78 is 9.65. The number of carbonyl (C=O) groups is 2. The van der Waals surface area contributed by atoms with Gasteiger partial charge in [-0.15, -0.1) is 0 Å². The Bertz CT molecular complexity index is 386. The summed E-state index contributed by atoms with van der Waals surface area (Å²) in [5, 5.41) is 0. The molecule has 1 unspecified atom stereocenters. The van der Waals surface area contributed by atoms with Crippen molar-refractivity contribution in [2.75, 3.05) is 13.7 Å². The highest BCUT2D eigenvalue weighted by atomic mass is 16.5. The van der Waals surface area contributed by atoms with Gasteiger partial charge in [0.15, 0.2) is 5.92 Å². The first-order chi connectivity index (χ1) is 8.69. The van der Waals surface area contributed by atoms with E-state index in [1.807, 2.05) is 37.3 Å². The number of methoxy groups -OCH3 is 1. The van der Waals surface area contributed by atoms with Crippen molar-refractivity contribution in [2.45, 2.75) is 19.8 Å². The molecule has 1 rings (SSSR count). The monoisotopic (exact) mass is 250 g/mol. The highest BCUT2D eigenvalue weighted by Gasteiger charge is 2.29. The first-order valence-corrected chi connectivity index (χ1v) is 5.97. The van der Waals surface area contributed by atoms with Crippen LogP contribution in [0.15, 0.2) is 30.3 Å². The van der Waals surface area contributed by atoms with Gasteiger partial charge in [0.05, 0.1) is 13.7 Å². The van der Waals surface area contributed by atoms with Crippen molar-refractivity contribution >= 4 is 11.9 Å². The van der Waals surface area contributed by atoms with E-state index in [0.717, 1.165) is 12.0 Å². The second-order valence-corrected chi connectivity index (χ2v) is 3.93. The van der Waals surface area contributed by atoms with Crippen LogP contribution in [0.2, 0.25) is 0 Å². The van der Waals surface area contributed by atoms with Crippen LogP contribution in [0.3, 0.4) is 0 Å². The molecule has 4 nitrogen and oxygen atoms in total. The number of carbonyl (C=O) groups excluding carboxylic acids is 2. The molecule has 1 aromatic carbocycles. The molecule has 0 saturated heterocycles. The summed E-state index contributed by atoms with van der Waals surface area (Å²) in [6.45, 7) is 2.22. The fraction of sp³-hybridized carbons (Fsp3) is 0.429. The Hall–Kier alpha value is -1.84. The SMILES string of the molecule is CCCOC(=O)C(Cc1ccccc1)C(=O)OC. The van der Waals surface area contributed by atoms with Gasteiger partial charge < -0.3 is 9.47 Å². The molecule has 0 aliphatic rings. The molecule has 0 N–H and O–H groups in total. The maximum Gasteiger partial charge on any atom is 0.320 e. The van der Waals surface area contributed by atoms with Crippen molar-refractivity contribution in [3.8, 4) is 0 Å². The smallest absolute Gasteiger partial charge is 0.320 e. The lowest BCUT2D eigenvalue weighted by atomic mass is 9.99. The van der Waals surface area contributed by atoms with Crippen molar-refractivity contribution in [2.24, 2.45) is 5.92 Å². The Kier molecular flexibility index (Phi) is 5.91. The van der Waals surface area contributed by atoms with Crippen LogP contribution in [0.5, 0.6) is 0 Å². The third-order valence-corrected chi connectivity index (χ3v) is 2.50. The van der Waals surface area contributed by atoms with Crippen LogP contribution in [0.25, 0.3) is 0 Å². The fourth-order valence-corrected chi connectivity index (χ4v) is 1.56. The quantitative estimate of drug-likeness (QED) is 0.572. The molecule has 4 heteroatoms. The van der Waals surface area contributed by atoms with Crippen molar-refractivity contribution in [3.63, 3.8) is 0 Å². The predicted octanol–water partition coefficient (Wildman–Crippen LogP) is 1.97. The molecule has 0 amide bonds. The van der Waals surface area contributed by atoms with Crippen LogP contribution in [0.4, 0.5) is 0 Å². The lowest BCUT2D eigenvalue weighted by molar-refractivity contribution is -0.160. The summed E-state index contributed by atoms with van der Waals surface area (Å²) >= 11 is 0. The van der Waals surface area contributed by atoms with E-state index in [1.165, 1.54) is 7.11 Å². The summed E-state index contributed by atoms with van der Waals surface area (Å²) in [5.41, 5.74) is 0.904. The second-order valence-electron chi connectivity index (χ2n) is 3.93.